The van der Waals surface area contributed by atoms with Gasteiger partial charge in [-0.2, -0.15) is 12.6 Å². The van der Waals surface area contributed by atoms with Crippen molar-refractivity contribution in [2.24, 2.45) is 0 Å². The maximum Gasteiger partial charge on any atom is 0.255 e. The Morgan fingerprint density at radius 2 is 2.05 bits per heavy atom. The fourth-order valence-corrected chi connectivity index (χ4v) is 2.92. The minimum atomic E-state index is 0.0958. The highest BCUT2D eigenvalue weighted by molar-refractivity contribution is 7.79. The van der Waals surface area contributed by atoms with Crippen LogP contribution in [0.4, 0.5) is 0 Å². The summed E-state index contributed by atoms with van der Waals surface area (Å²) in [7, 11) is 1.67. The zero-order valence-electron chi connectivity index (χ0n) is 12.3. The lowest BCUT2D eigenvalue weighted by atomic mass is 10.1. The van der Waals surface area contributed by atoms with Gasteiger partial charge in [-0.15, -0.1) is 0 Å². The minimum Gasteiger partial charge on any atom is -0.496 e. The van der Waals surface area contributed by atoms with E-state index in [1.807, 2.05) is 35.8 Å². The van der Waals surface area contributed by atoms with E-state index in [2.05, 4.69) is 18.7 Å². The van der Waals surface area contributed by atoms with Crippen LogP contribution >= 0.6 is 12.6 Å². The molecule has 110 valence electrons. The van der Waals surface area contributed by atoms with Gasteiger partial charge in [-0.3, -0.25) is 4.79 Å². The van der Waals surface area contributed by atoms with Gasteiger partial charge in [-0.25, -0.2) is 0 Å². The van der Waals surface area contributed by atoms with Crippen molar-refractivity contribution in [1.82, 2.24) is 4.57 Å². The molecule has 3 nitrogen and oxygen atoms in total. The van der Waals surface area contributed by atoms with Crippen LogP contribution in [0.15, 0.2) is 35.1 Å². The number of hydrogen-bond donors (Lipinski definition) is 1. The second-order valence-corrected chi connectivity index (χ2v) is 5.81. The van der Waals surface area contributed by atoms with Crippen LogP contribution in [0.1, 0.15) is 30.0 Å². The summed E-state index contributed by atoms with van der Waals surface area (Å²) in [5, 5.41) is 0. The van der Waals surface area contributed by atoms with Crippen LogP contribution in [-0.4, -0.2) is 11.7 Å². The van der Waals surface area contributed by atoms with Crippen molar-refractivity contribution in [3.8, 4) is 17.0 Å². The van der Waals surface area contributed by atoms with Crippen LogP contribution in [-0.2, 0) is 5.75 Å². The van der Waals surface area contributed by atoms with Gasteiger partial charge in [0, 0.05) is 17.4 Å². The Balaban J connectivity index is 2.16. The molecule has 0 saturated heterocycles. The number of thiol groups is 1. The van der Waals surface area contributed by atoms with Gasteiger partial charge in [-0.05, 0) is 55.2 Å². The Bertz CT molecular complexity index is 732. The van der Waals surface area contributed by atoms with Crippen LogP contribution in [0.3, 0.4) is 0 Å². The van der Waals surface area contributed by atoms with E-state index in [1.54, 1.807) is 7.11 Å². The van der Waals surface area contributed by atoms with Crippen molar-refractivity contribution in [2.75, 3.05) is 7.11 Å². The summed E-state index contributed by atoms with van der Waals surface area (Å²) >= 11 is 4.25. The van der Waals surface area contributed by atoms with Crippen molar-refractivity contribution in [1.29, 1.82) is 0 Å². The lowest BCUT2D eigenvalue weighted by Crippen LogP contribution is -2.23. The Kier molecular flexibility index (Phi) is 3.81. The molecule has 1 aromatic heterocycles. The molecule has 0 amide bonds. The number of ether oxygens (including phenoxy) is 1. The first-order chi connectivity index (χ1) is 10.2. The molecule has 0 unspecified atom stereocenters. The number of aryl methyl sites for hydroxylation is 1. The highest BCUT2D eigenvalue weighted by Gasteiger charge is 2.27. The highest BCUT2D eigenvalue weighted by atomic mass is 32.1. The first-order valence-electron chi connectivity index (χ1n) is 7.16. The SMILES string of the molecule is COc1ccc(-c2ccc(CS)c(=O)n2C2CC2)cc1C. The molecule has 1 aliphatic rings. The molecule has 4 heteroatoms. The number of pyridine rings is 1. The lowest BCUT2D eigenvalue weighted by Gasteiger charge is -2.15. The lowest BCUT2D eigenvalue weighted by molar-refractivity contribution is 0.412. The van der Waals surface area contributed by atoms with Gasteiger partial charge in [0.25, 0.3) is 5.56 Å². The molecular weight excluding hydrogens is 282 g/mol. The fourth-order valence-electron chi connectivity index (χ4n) is 2.68. The summed E-state index contributed by atoms with van der Waals surface area (Å²) in [5.41, 5.74) is 3.97. The third-order valence-electron chi connectivity index (χ3n) is 3.97. The molecule has 0 aliphatic heterocycles. The standard InChI is InChI=1S/C17H19NO2S/c1-11-9-12(4-8-16(11)20-2)15-7-3-13(10-21)17(19)18(15)14-5-6-14/h3-4,7-9,14,21H,5-6,10H2,1-2H3. The van der Waals surface area contributed by atoms with Gasteiger partial charge >= 0.3 is 0 Å². The van der Waals surface area contributed by atoms with E-state index in [0.717, 1.165) is 41.0 Å². The molecule has 1 fully saturated rings. The first-order valence-corrected chi connectivity index (χ1v) is 7.79. The summed E-state index contributed by atoms with van der Waals surface area (Å²) in [5.74, 6) is 1.35. The van der Waals surface area contributed by atoms with Gasteiger partial charge in [-0.1, -0.05) is 6.07 Å². The van der Waals surface area contributed by atoms with E-state index in [9.17, 15) is 4.79 Å². The molecule has 0 atom stereocenters. The number of methoxy groups -OCH3 is 1. The zero-order chi connectivity index (χ0) is 15.0. The topological polar surface area (TPSA) is 31.2 Å². The third-order valence-corrected chi connectivity index (χ3v) is 4.31. The fraction of sp³-hybridized carbons (Fsp3) is 0.353. The summed E-state index contributed by atoms with van der Waals surface area (Å²) in [6, 6.07) is 10.3. The number of nitrogens with zero attached hydrogens (tertiary/aromatic N) is 1. The summed E-state index contributed by atoms with van der Waals surface area (Å²) < 4.78 is 7.24. The zero-order valence-corrected chi connectivity index (χ0v) is 13.2. The number of hydrogen-bond acceptors (Lipinski definition) is 3. The quantitative estimate of drug-likeness (QED) is 0.875. The predicted molar refractivity (Wildman–Crippen MR) is 88.4 cm³/mol. The number of aromatic nitrogens is 1. The van der Waals surface area contributed by atoms with E-state index >= 15 is 0 Å². The Hall–Kier alpha value is -1.68. The average molecular weight is 301 g/mol. The van der Waals surface area contributed by atoms with Gasteiger partial charge in [0.05, 0.1) is 12.8 Å². The molecule has 21 heavy (non-hydrogen) atoms. The van der Waals surface area contributed by atoms with Crippen molar-refractivity contribution in [3.05, 3.63) is 51.8 Å². The average Bonchev–Trinajstić information content (AvgIpc) is 3.31. The first kappa shape index (κ1) is 14.3. The normalized spacial score (nSPS) is 14.2. The van der Waals surface area contributed by atoms with Crippen molar-refractivity contribution in [3.63, 3.8) is 0 Å². The van der Waals surface area contributed by atoms with Crippen LogP contribution < -0.4 is 10.3 Å². The Morgan fingerprint density at radius 1 is 1.29 bits per heavy atom. The van der Waals surface area contributed by atoms with E-state index in [4.69, 9.17) is 4.74 Å². The monoisotopic (exact) mass is 301 g/mol. The van der Waals surface area contributed by atoms with Crippen LogP contribution in [0.25, 0.3) is 11.3 Å². The molecule has 1 aromatic carbocycles. The predicted octanol–water partition coefficient (Wildman–Crippen LogP) is 3.60. The third kappa shape index (κ3) is 2.60. The largest absolute Gasteiger partial charge is 0.496 e. The molecule has 1 heterocycles. The summed E-state index contributed by atoms with van der Waals surface area (Å²) in [6.45, 7) is 2.02. The van der Waals surface area contributed by atoms with E-state index in [1.165, 1.54) is 0 Å². The van der Waals surface area contributed by atoms with E-state index < -0.39 is 0 Å². The Labute approximate surface area is 130 Å². The van der Waals surface area contributed by atoms with E-state index in [-0.39, 0.29) is 5.56 Å². The maximum atomic E-state index is 12.6. The molecule has 1 aliphatic carbocycles. The summed E-state index contributed by atoms with van der Waals surface area (Å²) in [4.78, 5) is 12.6. The van der Waals surface area contributed by atoms with Crippen molar-refractivity contribution < 1.29 is 4.74 Å². The molecule has 0 spiro atoms. The van der Waals surface area contributed by atoms with Gasteiger partial charge < -0.3 is 9.30 Å². The van der Waals surface area contributed by atoms with Crippen molar-refractivity contribution in [2.45, 2.75) is 31.6 Å². The second kappa shape index (κ2) is 5.60. The number of benzene rings is 1. The molecule has 0 N–H and O–H groups in total. The second-order valence-electron chi connectivity index (χ2n) is 5.49. The summed E-state index contributed by atoms with van der Waals surface area (Å²) in [6.07, 6.45) is 2.16. The van der Waals surface area contributed by atoms with Gasteiger partial charge in [0.1, 0.15) is 5.75 Å². The van der Waals surface area contributed by atoms with Crippen molar-refractivity contribution >= 4 is 12.6 Å². The molecular formula is C17H19NO2S. The molecule has 0 radical (unpaired) electrons. The molecule has 0 bridgehead atoms. The maximum absolute atomic E-state index is 12.6. The Morgan fingerprint density at radius 3 is 2.62 bits per heavy atom. The van der Waals surface area contributed by atoms with Gasteiger partial charge in [0.2, 0.25) is 0 Å². The van der Waals surface area contributed by atoms with Crippen LogP contribution in [0.5, 0.6) is 5.75 Å². The molecule has 3 rings (SSSR count). The number of rotatable bonds is 4. The minimum absolute atomic E-state index is 0.0958. The molecule has 2 aromatic rings. The molecule has 1 saturated carbocycles. The highest BCUT2D eigenvalue weighted by Crippen LogP contribution is 2.37. The van der Waals surface area contributed by atoms with Gasteiger partial charge in [0.15, 0.2) is 0 Å². The van der Waals surface area contributed by atoms with E-state index in [0.29, 0.717) is 11.8 Å². The van der Waals surface area contributed by atoms with Crippen LogP contribution in [0.2, 0.25) is 0 Å². The smallest absolute Gasteiger partial charge is 0.255 e. The van der Waals surface area contributed by atoms with Crippen LogP contribution in [0, 0.1) is 6.92 Å².